The number of benzene rings is 1. The molecule has 1 aliphatic rings. The van der Waals surface area contributed by atoms with Crippen molar-refractivity contribution in [2.75, 3.05) is 25.6 Å². The van der Waals surface area contributed by atoms with E-state index < -0.39 is 11.9 Å². The van der Waals surface area contributed by atoms with Crippen LogP contribution in [-0.2, 0) is 19.0 Å². The lowest BCUT2D eigenvalue weighted by molar-refractivity contribution is -0.117. The van der Waals surface area contributed by atoms with Crippen LogP contribution in [0.4, 0.5) is 5.69 Å². The molecule has 0 unspecified atom stereocenters. The van der Waals surface area contributed by atoms with Gasteiger partial charge in [-0.3, -0.25) is 4.79 Å². The molecule has 1 amide bonds. The Balaban J connectivity index is 2.17. The van der Waals surface area contributed by atoms with Crippen LogP contribution >= 0.6 is 0 Å². The molecule has 0 saturated carbocycles. The molecule has 106 valence electrons. The SMILES string of the molecule is COC(=O)c1ccc(C)c(NC(=O)C2=COCCO2)c1. The monoisotopic (exact) mass is 277 g/mol. The molecule has 1 heterocycles. The molecule has 0 radical (unpaired) electrons. The maximum Gasteiger partial charge on any atom is 0.337 e. The van der Waals surface area contributed by atoms with E-state index in [1.807, 2.05) is 6.92 Å². The second kappa shape index (κ2) is 6.10. The molecule has 20 heavy (non-hydrogen) atoms. The zero-order chi connectivity index (χ0) is 14.5. The van der Waals surface area contributed by atoms with Crippen molar-refractivity contribution in [3.05, 3.63) is 41.3 Å². The van der Waals surface area contributed by atoms with Crippen molar-refractivity contribution >= 4 is 17.6 Å². The number of rotatable bonds is 3. The first-order chi connectivity index (χ1) is 9.61. The number of methoxy groups -OCH3 is 1. The van der Waals surface area contributed by atoms with Gasteiger partial charge in [-0.1, -0.05) is 6.07 Å². The van der Waals surface area contributed by atoms with Crippen LogP contribution in [0.2, 0.25) is 0 Å². The Morgan fingerprint density at radius 2 is 2.10 bits per heavy atom. The van der Waals surface area contributed by atoms with Gasteiger partial charge in [0.2, 0.25) is 5.76 Å². The van der Waals surface area contributed by atoms with Gasteiger partial charge in [-0.25, -0.2) is 4.79 Å². The van der Waals surface area contributed by atoms with Crippen molar-refractivity contribution in [3.8, 4) is 0 Å². The number of esters is 1. The van der Waals surface area contributed by atoms with E-state index in [1.54, 1.807) is 18.2 Å². The van der Waals surface area contributed by atoms with Gasteiger partial charge in [-0.2, -0.15) is 0 Å². The average molecular weight is 277 g/mol. The topological polar surface area (TPSA) is 73.9 Å². The maximum absolute atomic E-state index is 12.0. The lowest BCUT2D eigenvalue weighted by atomic mass is 10.1. The number of anilines is 1. The van der Waals surface area contributed by atoms with Crippen LogP contribution in [0.25, 0.3) is 0 Å². The van der Waals surface area contributed by atoms with Crippen molar-refractivity contribution in [3.63, 3.8) is 0 Å². The zero-order valence-corrected chi connectivity index (χ0v) is 11.3. The quantitative estimate of drug-likeness (QED) is 0.850. The third kappa shape index (κ3) is 3.09. The summed E-state index contributed by atoms with van der Waals surface area (Å²) in [5, 5.41) is 2.68. The van der Waals surface area contributed by atoms with E-state index >= 15 is 0 Å². The number of carbonyl (C=O) groups excluding carboxylic acids is 2. The third-order valence-corrected chi connectivity index (χ3v) is 2.78. The molecular weight excluding hydrogens is 262 g/mol. The molecule has 2 rings (SSSR count). The van der Waals surface area contributed by atoms with Crippen molar-refractivity contribution in [1.82, 2.24) is 0 Å². The predicted octanol–water partition coefficient (Wildman–Crippen LogP) is 1.61. The van der Waals surface area contributed by atoms with Crippen molar-refractivity contribution in [2.45, 2.75) is 6.92 Å². The molecule has 0 aliphatic carbocycles. The highest BCUT2D eigenvalue weighted by Gasteiger charge is 2.17. The Hall–Kier alpha value is -2.50. The summed E-state index contributed by atoms with van der Waals surface area (Å²) in [6.07, 6.45) is 1.28. The summed E-state index contributed by atoms with van der Waals surface area (Å²) in [7, 11) is 1.30. The fourth-order valence-electron chi connectivity index (χ4n) is 1.67. The number of amides is 1. The zero-order valence-electron chi connectivity index (χ0n) is 11.3. The van der Waals surface area contributed by atoms with Crippen LogP contribution in [0.1, 0.15) is 15.9 Å². The van der Waals surface area contributed by atoms with Gasteiger partial charge >= 0.3 is 5.97 Å². The van der Waals surface area contributed by atoms with Crippen LogP contribution in [0.5, 0.6) is 0 Å². The van der Waals surface area contributed by atoms with Crippen molar-refractivity contribution < 1.29 is 23.8 Å². The van der Waals surface area contributed by atoms with Crippen LogP contribution in [0.3, 0.4) is 0 Å². The van der Waals surface area contributed by atoms with Crippen LogP contribution in [-0.4, -0.2) is 32.2 Å². The second-order valence-electron chi connectivity index (χ2n) is 4.18. The van der Waals surface area contributed by atoms with Gasteiger partial charge in [0, 0.05) is 5.69 Å². The van der Waals surface area contributed by atoms with E-state index in [-0.39, 0.29) is 5.76 Å². The standard InChI is InChI=1S/C14H15NO5/c1-9-3-4-10(14(17)18-2)7-11(9)15-13(16)12-8-19-5-6-20-12/h3-4,7-8H,5-6H2,1-2H3,(H,15,16). The first-order valence-corrected chi connectivity index (χ1v) is 6.06. The van der Waals surface area contributed by atoms with Gasteiger partial charge in [0.15, 0.2) is 0 Å². The molecule has 0 spiro atoms. The Kier molecular flexibility index (Phi) is 4.24. The van der Waals surface area contributed by atoms with Crippen LogP contribution in [0, 0.1) is 6.92 Å². The fourth-order valence-corrected chi connectivity index (χ4v) is 1.67. The first kappa shape index (κ1) is 13.9. The Morgan fingerprint density at radius 1 is 1.30 bits per heavy atom. The van der Waals surface area contributed by atoms with Crippen molar-refractivity contribution in [2.24, 2.45) is 0 Å². The minimum Gasteiger partial charge on any atom is -0.494 e. The molecule has 1 aromatic rings. The highest BCUT2D eigenvalue weighted by Crippen LogP contribution is 2.19. The molecule has 1 N–H and O–H groups in total. The van der Waals surface area contributed by atoms with Crippen LogP contribution in [0.15, 0.2) is 30.2 Å². The van der Waals surface area contributed by atoms with E-state index in [9.17, 15) is 9.59 Å². The number of ether oxygens (including phenoxy) is 3. The van der Waals surface area contributed by atoms with E-state index in [2.05, 4.69) is 10.1 Å². The highest BCUT2D eigenvalue weighted by molar-refractivity contribution is 6.03. The highest BCUT2D eigenvalue weighted by atomic mass is 16.6. The molecule has 0 fully saturated rings. The molecule has 6 nitrogen and oxygen atoms in total. The summed E-state index contributed by atoms with van der Waals surface area (Å²) >= 11 is 0. The number of hydrogen-bond donors (Lipinski definition) is 1. The number of nitrogens with one attached hydrogen (secondary N) is 1. The summed E-state index contributed by atoms with van der Waals surface area (Å²) in [6, 6.07) is 4.92. The average Bonchev–Trinajstić information content (AvgIpc) is 2.49. The minimum absolute atomic E-state index is 0.110. The largest absolute Gasteiger partial charge is 0.494 e. The maximum atomic E-state index is 12.0. The van der Waals surface area contributed by atoms with Crippen LogP contribution < -0.4 is 5.32 Å². The molecule has 0 aromatic heterocycles. The van der Waals surface area contributed by atoms with E-state index in [0.29, 0.717) is 24.5 Å². The van der Waals surface area contributed by atoms with E-state index in [1.165, 1.54) is 13.4 Å². The molecule has 1 aromatic carbocycles. The van der Waals surface area contributed by atoms with Gasteiger partial charge in [0.1, 0.15) is 19.5 Å². The van der Waals surface area contributed by atoms with Crippen molar-refractivity contribution in [1.29, 1.82) is 0 Å². The van der Waals surface area contributed by atoms with Gasteiger partial charge in [0.25, 0.3) is 5.91 Å². The van der Waals surface area contributed by atoms with Gasteiger partial charge in [0.05, 0.1) is 12.7 Å². The summed E-state index contributed by atoms with van der Waals surface area (Å²) in [4.78, 5) is 23.4. The molecule has 1 aliphatic heterocycles. The molecule has 6 heteroatoms. The summed E-state index contributed by atoms with van der Waals surface area (Å²) in [5.74, 6) is -0.772. The van der Waals surface area contributed by atoms with Gasteiger partial charge in [-0.05, 0) is 24.6 Å². The number of aryl methyl sites for hydroxylation is 1. The Labute approximate surface area is 116 Å². The van der Waals surface area contributed by atoms with Gasteiger partial charge < -0.3 is 19.5 Å². The smallest absolute Gasteiger partial charge is 0.337 e. The summed E-state index contributed by atoms with van der Waals surface area (Å²) in [5.41, 5.74) is 1.71. The molecule has 0 bridgehead atoms. The van der Waals surface area contributed by atoms with E-state index in [0.717, 1.165) is 5.56 Å². The lowest BCUT2D eigenvalue weighted by Gasteiger charge is -2.16. The minimum atomic E-state index is -0.461. The number of hydrogen-bond acceptors (Lipinski definition) is 5. The second-order valence-corrected chi connectivity index (χ2v) is 4.18. The molecular formula is C14H15NO5. The predicted molar refractivity (Wildman–Crippen MR) is 71.1 cm³/mol. The normalized spacial score (nSPS) is 13.6. The molecule has 0 atom stereocenters. The molecule has 0 saturated heterocycles. The Morgan fingerprint density at radius 3 is 2.75 bits per heavy atom. The Bertz CT molecular complexity index is 565. The summed E-state index contributed by atoms with van der Waals surface area (Å²) in [6.45, 7) is 2.58. The number of carbonyl (C=O) groups is 2. The van der Waals surface area contributed by atoms with E-state index in [4.69, 9.17) is 9.47 Å². The van der Waals surface area contributed by atoms with Gasteiger partial charge in [-0.15, -0.1) is 0 Å². The third-order valence-electron chi connectivity index (χ3n) is 2.78. The summed E-state index contributed by atoms with van der Waals surface area (Å²) < 4.78 is 14.9. The first-order valence-electron chi connectivity index (χ1n) is 6.06. The lowest BCUT2D eigenvalue weighted by Crippen LogP contribution is -2.21. The fraction of sp³-hybridized carbons (Fsp3) is 0.286.